The van der Waals surface area contributed by atoms with Crippen molar-refractivity contribution in [3.63, 3.8) is 0 Å². The van der Waals surface area contributed by atoms with Crippen molar-refractivity contribution in [3.8, 4) is 0 Å². The Balaban J connectivity index is 2.13. The molecule has 1 saturated heterocycles. The number of nitrogens with zero attached hydrogens (tertiary/aromatic N) is 3. The Kier molecular flexibility index (Phi) is 6.62. The van der Waals surface area contributed by atoms with Gasteiger partial charge in [-0.25, -0.2) is 8.42 Å². The molecule has 1 aromatic heterocycles. The number of aryl methyl sites for hydroxylation is 1. The highest BCUT2D eigenvalue weighted by Gasteiger charge is 2.31. The van der Waals surface area contributed by atoms with E-state index in [0.717, 1.165) is 25.7 Å². The van der Waals surface area contributed by atoms with Gasteiger partial charge in [0.1, 0.15) is 11.4 Å². The predicted molar refractivity (Wildman–Crippen MR) is 96.8 cm³/mol. The highest BCUT2D eigenvalue weighted by atomic mass is 32.2. The van der Waals surface area contributed by atoms with Gasteiger partial charge in [0.15, 0.2) is 0 Å². The maximum absolute atomic E-state index is 12.9. The van der Waals surface area contributed by atoms with Crippen molar-refractivity contribution >= 4 is 15.9 Å². The molecular formula is C17H30N4O3S. The van der Waals surface area contributed by atoms with Crippen LogP contribution in [0.3, 0.4) is 0 Å². The molecule has 0 atom stereocenters. The number of aromatic nitrogens is 2. The van der Waals surface area contributed by atoms with Crippen LogP contribution in [0.15, 0.2) is 4.90 Å². The van der Waals surface area contributed by atoms with Crippen molar-refractivity contribution < 1.29 is 13.2 Å². The number of sulfonamides is 1. The van der Waals surface area contributed by atoms with Crippen molar-refractivity contribution in [2.24, 2.45) is 5.92 Å². The average molecular weight is 371 g/mol. The first-order valence-corrected chi connectivity index (χ1v) is 10.5. The van der Waals surface area contributed by atoms with Crippen molar-refractivity contribution in [1.29, 1.82) is 0 Å². The summed E-state index contributed by atoms with van der Waals surface area (Å²) in [6.07, 6.45) is 3.77. The summed E-state index contributed by atoms with van der Waals surface area (Å²) in [4.78, 5) is 12.3. The topological polar surface area (TPSA) is 84.3 Å². The van der Waals surface area contributed by atoms with Gasteiger partial charge in [0.25, 0.3) is 0 Å². The third kappa shape index (κ3) is 4.82. The third-order valence-corrected chi connectivity index (χ3v) is 6.72. The van der Waals surface area contributed by atoms with Gasteiger partial charge in [-0.05, 0) is 39.0 Å². The lowest BCUT2D eigenvalue weighted by Gasteiger charge is -2.25. The largest absolute Gasteiger partial charge is 0.354 e. The molecular weight excluding hydrogens is 340 g/mol. The van der Waals surface area contributed by atoms with E-state index in [1.807, 2.05) is 0 Å². The van der Waals surface area contributed by atoms with Crippen LogP contribution in [0.4, 0.5) is 0 Å². The second kappa shape index (κ2) is 8.31. The maximum atomic E-state index is 12.9. The molecule has 2 heterocycles. The highest BCUT2D eigenvalue weighted by molar-refractivity contribution is 7.89. The van der Waals surface area contributed by atoms with Crippen LogP contribution in [0.5, 0.6) is 0 Å². The smallest absolute Gasteiger partial charge is 0.246 e. The van der Waals surface area contributed by atoms with Crippen LogP contribution in [-0.4, -0.2) is 48.0 Å². The van der Waals surface area contributed by atoms with E-state index in [-0.39, 0.29) is 17.3 Å². The van der Waals surface area contributed by atoms with Crippen molar-refractivity contribution in [3.05, 3.63) is 11.4 Å². The fourth-order valence-corrected chi connectivity index (χ4v) is 5.02. The summed E-state index contributed by atoms with van der Waals surface area (Å²) in [5, 5.41) is 7.17. The van der Waals surface area contributed by atoms with Crippen LogP contribution >= 0.6 is 0 Å². The Labute approximate surface area is 150 Å². The van der Waals surface area contributed by atoms with Crippen molar-refractivity contribution in [2.45, 2.75) is 64.8 Å². The lowest BCUT2D eigenvalue weighted by Crippen LogP contribution is -2.36. The van der Waals surface area contributed by atoms with Crippen LogP contribution in [0.25, 0.3) is 0 Å². The Morgan fingerprint density at radius 1 is 1.20 bits per heavy atom. The summed E-state index contributed by atoms with van der Waals surface area (Å²) in [5.74, 6) is 0.378. The molecule has 0 radical (unpaired) electrons. The number of amides is 1. The quantitative estimate of drug-likeness (QED) is 0.794. The monoisotopic (exact) mass is 370 g/mol. The molecule has 7 nitrogen and oxygen atoms in total. The Hall–Kier alpha value is -1.41. The number of hydrogen-bond acceptors (Lipinski definition) is 4. The first-order valence-electron chi connectivity index (χ1n) is 9.04. The molecule has 0 saturated carbocycles. The lowest BCUT2D eigenvalue weighted by molar-refractivity contribution is -0.121. The molecule has 1 fully saturated rings. The van der Waals surface area contributed by atoms with Gasteiger partial charge in [-0.3, -0.25) is 9.48 Å². The number of piperidine rings is 1. The fraction of sp³-hybridized carbons (Fsp3) is 0.765. The van der Waals surface area contributed by atoms with E-state index in [1.165, 1.54) is 4.68 Å². The molecule has 25 heavy (non-hydrogen) atoms. The molecule has 2 rings (SSSR count). The fourth-order valence-electron chi connectivity index (χ4n) is 3.13. The molecule has 1 N–H and O–H groups in total. The first kappa shape index (κ1) is 19.9. The van der Waals surface area contributed by atoms with E-state index >= 15 is 0 Å². The minimum atomic E-state index is -3.55. The van der Waals surface area contributed by atoms with Gasteiger partial charge in [0.2, 0.25) is 15.9 Å². The Morgan fingerprint density at radius 3 is 2.44 bits per heavy atom. The SMILES string of the molecule is Cc1nn(CC(=O)NCCC(C)C)c(C)c1S(=O)(=O)N1CCCCC1. The summed E-state index contributed by atoms with van der Waals surface area (Å²) in [7, 11) is -3.55. The van der Waals surface area contributed by atoms with E-state index < -0.39 is 10.0 Å². The van der Waals surface area contributed by atoms with E-state index in [4.69, 9.17) is 0 Å². The molecule has 8 heteroatoms. The molecule has 0 spiro atoms. The predicted octanol–water partition coefficient (Wildman–Crippen LogP) is 1.84. The summed E-state index contributed by atoms with van der Waals surface area (Å²) >= 11 is 0. The standard InChI is InChI=1S/C17H30N4O3S/c1-13(2)8-9-18-16(22)12-21-15(4)17(14(3)19-21)25(23,24)20-10-6-5-7-11-20/h13H,5-12H2,1-4H3,(H,18,22). The van der Waals surface area contributed by atoms with Gasteiger partial charge in [-0.2, -0.15) is 9.40 Å². The zero-order valence-electron chi connectivity index (χ0n) is 15.7. The second-order valence-electron chi connectivity index (χ2n) is 7.15. The molecule has 0 unspecified atom stereocenters. The summed E-state index contributed by atoms with van der Waals surface area (Å²) in [6, 6.07) is 0. The minimum absolute atomic E-state index is 0.0420. The third-order valence-electron chi connectivity index (χ3n) is 4.57. The van der Waals surface area contributed by atoms with Crippen LogP contribution in [0, 0.1) is 19.8 Å². The number of carbonyl (C=O) groups is 1. The Morgan fingerprint density at radius 2 is 1.84 bits per heavy atom. The molecule has 1 amide bonds. The highest BCUT2D eigenvalue weighted by Crippen LogP contribution is 2.25. The summed E-state index contributed by atoms with van der Waals surface area (Å²) in [6.45, 7) is 9.39. The van der Waals surface area contributed by atoms with Gasteiger partial charge in [-0.1, -0.05) is 20.3 Å². The molecule has 0 aliphatic carbocycles. The summed E-state index contributed by atoms with van der Waals surface area (Å²) < 4.78 is 28.9. The van der Waals surface area contributed by atoms with Gasteiger partial charge in [0, 0.05) is 19.6 Å². The molecule has 1 aliphatic rings. The molecule has 142 valence electrons. The van der Waals surface area contributed by atoms with Crippen LogP contribution in [-0.2, 0) is 21.4 Å². The molecule has 1 aromatic rings. The van der Waals surface area contributed by atoms with Gasteiger partial charge in [-0.15, -0.1) is 0 Å². The zero-order chi connectivity index (χ0) is 18.6. The second-order valence-corrected chi connectivity index (χ2v) is 9.03. The van der Waals surface area contributed by atoms with Gasteiger partial charge in [0.05, 0.1) is 11.4 Å². The van der Waals surface area contributed by atoms with Gasteiger partial charge >= 0.3 is 0 Å². The van der Waals surface area contributed by atoms with Crippen LogP contribution < -0.4 is 5.32 Å². The molecule has 1 aliphatic heterocycles. The molecule has 0 bridgehead atoms. The van der Waals surface area contributed by atoms with Gasteiger partial charge < -0.3 is 5.32 Å². The first-order chi connectivity index (χ1) is 11.7. The van der Waals surface area contributed by atoms with Crippen LogP contribution in [0.1, 0.15) is 50.9 Å². The van der Waals surface area contributed by atoms with E-state index in [0.29, 0.717) is 36.9 Å². The number of carbonyl (C=O) groups excluding carboxylic acids is 1. The summed E-state index contributed by atoms with van der Waals surface area (Å²) in [5.41, 5.74) is 0.986. The van der Waals surface area contributed by atoms with E-state index in [2.05, 4.69) is 24.3 Å². The lowest BCUT2D eigenvalue weighted by atomic mass is 10.1. The Bertz CT molecular complexity index is 704. The number of nitrogens with one attached hydrogen (secondary N) is 1. The minimum Gasteiger partial charge on any atom is -0.354 e. The van der Waals surface area contributed by atoms with Crippen molar-refractivity contribution in [2.75, 3.05) is 19.6 Å². The molecule has 0 aromatic carbocycles. The number of rotatable bonds is 7. The van der Waals surface area contributed by atoms with Crippen molar-refractivity contribution in [1.82, 2.24) is 19.4 Å². The van der Waals surface area contributed by atoms with E-state index in [9.17, 15) is 13.2 Å². The van der Waals surface area contributed by atoms with Crippen LogP contribution in [0.2, 0.25) is 0 Å². The zero-order valence-corrected chi connectivity index (χ0v) is 16.5. The normalized spacial score (nSPS) is 16.4. The van der Waals surface area contributed by atoms with E-state index in [1.54, 1.807) is 18.2 Å². The number of hydrogen-bond donors (Lipinski definition) is 1. The average Bonchev–Trinajstić information content (AvgIpc) is 2.82. The maximum Gasteiger partial charge on any atom is 0.246 e.